The molecule has 0 fully saturated rings. The standard InChI is InChI=1S/C19H22ClNO3/c1-13-7-9-17(10-8-13)23-12-14(2)21-19(22)15(3)24-18-6-4-5-16(20)11-18/h4-11,14-15H,12H2,1-3H3,(H,21,22). The van der Waals surface area contributed by atoms with E-state index in [2.05, 4.69) is 5.32 Å². The Morgan fingerprint density at radius 2 is 1.83 bits per heavy atom. The van der Waals surface area contributed by atoms with Gasteiger partial charge in [0.15, 0.2) is 6.10 Å². The Morgan fingerprint density at radius 3 is 2.50 bits per heavy atom. The molecule has 24 heavy (non-hydrogen) atoms. The SMILES string of the molecule is Cc1ccc(OCC(C)NC(=O)C(C)Oc2cccc(Cl)c2)cc1. The van der Waals surface area contributed by atoms with E-state index >= 15 is 0 Å². The number of aryl methyl sites for hydroxylation is 1. The number of hydrogen-bond donors (Lipinski definition) is 1. The van der Waals surface area contributed by atoms with Gasteiger partial charge in [-0.3, -0.25) is 4.79 Å². The maximum atomic E-state index is 12.2. The topological polar surface area (TPSA) is 47.6 Å². The second-order valence-corrected chi connectivity index (χ2v) is 6.19. The van der Waals surface area contributed by atoms with Crippen LogP contribution in [-0.2, 0) is 4.79 Å². The summed E-state index contributed by atoms with van der Waals surface area (Å²) in [5, 5.41) is 3.44. The second-order valence-electron chi connectivity index (χ2n) is 5.75. The zero-order chi connectivity index (χ0) is 17.5. The van der Waals surface area contributed by atoms with Gasteiger partial charge in [-0.1, -0.05) is 35.4 Å². The minimum absolute atomic E-state index is 0.135. The van der Waals surface area contributed by atoms with Crippen molar-refractivity contribution in [1.29, 1.82) is 0 Å². The summed E-state index contributed by atoms with van der Waals surface area (Å²) in [6, 6.07) is 14.6. The number of carbonyl (C=O) groups excluding carboxylic acids is 1. The number of benzene rings is 2. The summed E-state index contributed by atoms with van der Waals surface area (Å²) in [5.41, 5.74) is 1.18. The molecule has 0 heterocycles. The smallest absolute Gasteiger partial charge is 0.261 e. The average Bonchev–Trinajstić information content (AvgIpc) is 2.54. The van der Waals surface area contributed by atoms with Crippen LogP contribution in [-0.4, -0.2) is 24.7 Å². The first-order chi connectivity index (χ1) is 11.4. The van der Waals surface area contributed by atoms with Crippen LogP contribution in [0.2, 0.25) is 5.02 Å². The number of hydrogen-bond acceptors (Lipinski definition) is 3. The third kappa shape index (κ3) is 5.78. The summed E-state index contributed by atoms with van der Waals surface area (Å²) in [7, 11) is 0. The minimum Gasteiger partial charge on any atom is -0.491 e. The number of carbonyl (C=O) groups is 1. The lowest BCUT2D eigenvalue weighted by Gasteiger charge is -2.19. The van der Waals surface area contributed by atoms with E-state index in [0.29, 0.717) is 17.4 Å². The molecular weight excluding hydrogens is 326 g/mol. The third-order valence-electron chi connectivity index (χ3n) is 3.39. The van der Waals surface area contributed by atoms with Crippen LogP contribution in [0.4, 0.5) is 0 Å². The van der Waals surface area contributed by atoms with Crippen molar-refractivity contribution in [2.24, 2.45) is 0 Å². The summed E-state index contributed by atoms with van der Waals surface area (Å²) >= 11 is 5.90. The first-order valence-corrected chi connectivity index (χ1v) is 8.24. The monoisotopic (exact) mass is 347 g/mol. The molecule has 0 spiro atoms. The molecular formula is C19H22ClNO3. The Hall–Kier alpha value is -2.20. The Balaban J connectivity index is 1.78. The third-order valence-corrected chi connectivity index (χ3v) is 3.62. The van der Waals surface area contributed by atoms with Gasteiger partial charge in [0.05, 0.1) is 6.04 Å². The molecule has 0 aliphatic heterocycles. The van der Waals surface area contributed by atoms with Gasteiger partial charge < -0.3 is 14.8 Å². The predicted octanol–water partition coefficient (Wildman–Crippen LogP) is 4.00. The lowest BCUT2D eigenvalue weighted by Crippen LogP contribution is -2.43. The Morgan fingerprint density at radius 1 is 1.12 bits per heavy atom. The maximum absolute atomic E-state index is 12.2. The highest BCUT2D eigenvalue weighted by Gasteiger charge is 2.17. The van der Waals surface area contributed by atoms with Crippen LogP contribution in [0.3, 0.4) is 0 Å². The van der Waals surface area contributed by atoms with E-state index in [1.54, 1.807) is 31.2 Å². The van der Waals surface area contributed by atoms with Crippen molar-refractivity contribution < 1.29 is 14.3 Å². The normalized spacial score (nSPS) is 13.0. The molecule has 0 aromatic heterocycles. The van der Waals surface area contributed by atoms with Gasteiger partial charge in [-0.2, -0.15) is 0 Å². The molecule has 2 aromatic rings. The fourth-order valence-electron chi connectivity index (χ4n) is 2.06. The van der Waals surface area contributed by atoms with Crippen LogP contribution in [0.25, 0.3) is 0 Å². The predicted molar refractivity (Wildman–Crippen MR) is 95.8 cm³/mol. The van der Waals surface area contributed by atoms with E-state index in [1.165, 1.54) is 5.56 Å². The van der Waals surface area contributed by atoms with Crippen molar-refractivity contribution in [3.05, 3.63) is 59.1 Å². The number of amides is 1. The van der Waals surface area contributed by atoms with Crippen LogP contribution in [0.1, 0.15) is 19.4 Å². The van der Waals surface area contributed by atoms with Crippen LogP contribution in [0, 0.1) is 6.92 Å². The number of nitrogens with one attached hydrogen (secondary N) is 1. The lowest BCUT2D eigenvalue weighted by molar-refractivity contribution is -0.128. The molecule has 2 atom stereocenters. The summed E-state index contributed by atoms with van der Waals surface area (Å²) < 4.78 is 11.3. The molecule has 0 aliphatic carbocycles. The van der Waals surface area contributed by atoms with Gasteiger partial charge in [-0.15, -0.1) is 0 Å². The minimum atomic E-state index is -0.620. The Kier molecular flexibility index (Phi) is 6.50. The van der Waals surface area contributed by atoms with Gasteiger partial charge in [0, 0.05) is 5.02 Å². The molecule has 2 unspecified atom stereocenters. The summed E-state index contributed by atoms with van der Waals surface area (Å²) in [4.78, 5) is 12.2. The Bertz CT molecular complexity index is 673. The van der Waals surface area contributed by atoms with Crippen molar-refractivity contribution in [2.75, 3.05) is 6.61 Å². The second kappa shape index (κ2) is 8.60. The lowest BCUT2D eigenvalue weighted by atomic mass is 10.2. The highest BCUT2D eigenvalue weighted by Crippen LogP contribution is 2.18. The average molecular weight is 348 g/mol. The highest BCUT2D eigenvalue weighted by molar-refractivity contribution is 6.30. The highest BCUT2D eigenvalue weighted by atomic mass is 35.5. The molecule has 0 saturated heterocycles. The molecule has 0 saturated carbocycles. The maximum Gasteiger partial charge on any atom is 0.261 e. The molecule has 1 N–H and O–H groups in total. The first kappa shape index (κ1) is 18.1. The van der Waals surface area contributed by atoms with E-state index in [0.717, 1.165) is 5.75 Å². The molecule has 0 radical (unpaired) electrons. The van der Waals surface area contributed by atoms with Gasteiger partial charge in [0.1, 0.15) is 18.1 Å². The van der Waals surface area contributed by atoms with Crippen molar-refractivity contribution >= 4 is 17.5 Å². The fraction of sp³-hybridized carbons (Fsp3) is 0.316. The molecule has 2 rings (SSSR count). The largest absolute Gasteiger partial charge is 0.491 e. The van der Waals surface area contributed by atoms with E-state index < -0.39 is 6.10 Å². The number of rotatable bonds is 7. The molecule has 0 bridgehead atoms. The van der Waals surface area contributed by atoms with Gasteiger partial charge in [0.25, 0.3) is 5.91 Å². The molecule has 128 valence electrons. The summed E-state index contributed by atoms with van der Waals surface area (Å²) in [6.07, 6.45) is -0.620. The van der Waals surface area contributed by atoms with Crippen molar-refractivity contribution in [3.63, 3.8) is 0 Å². The molecule has 5 heteroatoms. The zero-order valence-corrected chi connectivity index (χ0v) is 14.8. The number of halogens is 1. The molecule has 2 aromatic carbocycles. The molecule has 4 nitrogen and oxygen atoms in total. The fourth-order valence-corrected chi connectivity index (χ4v) is 2.24. The summed E-state index contributed by atoms with van der Waals surface area (Å²) in [6.45, 7) is 5.99. The van der Waals surface area contributed by atoms with Gasteiger partial charge >= 0.3 is 0 Å². The quantitative estimate of drug-likeness (QED) is 0.823. The van der Waals surface area contributed by atoms with Crippen molar-refractivity contribution in [1.82, 2.24) is 5.32 Å². The summed E-state index contributed by atoms with van der Waals surface area (Å²) in [5.74, 6) is 1.15. The van der Waals surface area contributed by atoms with E-state index in [4.69, 9.17) is 21.1 Å². The van der Waals surface area contributed by atoms with Crippen molar-refractivity contribution in [2.45, 2.75) is 32.9 Å². The zero-order valence-electron chi connectivity index (χ0n) is 14.1. The van der Waals surface area contributed by atoms with E-state index in [1.807, 2.05) is 38.1 Å². The first-order valence-electron chi connectivity index (χ1n) is 7.86. The van der Waals surface area contributed by atoms with Gasteiger partial charge in [0.2, 0.25) is 0 Å². The van der Waals surface area contributed by atoms with Crippen LogP contribution in [0.15, 0.2) is 48.5 Å². The van der Waals surface area contributed by atoms with Gasteiger partial charge in [-0.05, 0) is 51.1 Å². The van der Waals surface area contributed by atoms with Crippen LogP contribution >= 0.6 is 11.6 Å². The van der Waals surface area contributed by atoms with Gasteiger partial charge in [-0.25, -0.2) is 0 Å². The Labute approximate surface area is 147 Å². The molecule has 1 amide bonds. The van der Waals surface area contributed by atoms with Crippen LogP contribution in [0.5, 0.6) is 11.5 Å². The number of ether oxygens (including phenoxy) is 2. The van der Waals surface area contributed by atoms with E-state index in [-0.39, 0.29) is 11.9 Å². The van der Waals surface area contributed by atoms with Crippen molar-refractivity contribution in [3.8, 4) is 11.5 Å². The molecule has 0 aliphatic rings. The van der Waals surface area contributed by atoms with Crippen LogP contribution < -0.4 is 14.8 Å². The van der Waals surface area contributed by atoms with E-state index in [9.17, 15) is 4.79 Å².